The smallest absolute Gasteiger partial charge is 0.187 e. The third-order valence-corrected chi connectivity index (χ3v) is 17.9. The van der Waals surface area contributed by atoms with E-state index in [0.29, 0.717) is 0 Å². The summed E-state index contributed by atoms with van der Waals surface area (Å²) in [6, 6.07) is 0. The lowest BCUT2D eigenvalue weighted by atomic mass is 9.92. The summed E-state index contributed by atoms with van der Waals surface area (Å²) in [7, 11) is 0. The quantitative estimate of drug-likeness (QED) is 0.0282. The molecule has 0 aliphatic carbocycles. The van der Waals surface area contributed by atoms with Gasteiger partial charge in [0.1, 0.15) is 183 Å². The van der Waals surface area contributed by atoms with Gasteiger partial charge in [0.2, 0.25) is 0 Å². The van der Waals surface area contributed by atoms with E-state index in [4.69, 9.17) is 75.8 Å². The Hall–Kier alpha value is -1.25. The van der Waals surface area contributed by atoms with Crippen molar-refractivity contribution >= 4 is 12.6 Å². The average Bonchev–Trinajstić information content (AvgIpc) is 0.800. The third-order valence-electron chi connectivity index (χ3n) is 17.5. The number of rotatable bonds is 26. The first-order valence-corrected chi connectivity index (χ1v) is 30.7. The monoisotopic (exact) mass is 1390 g/mol. The van der Waals surface area contributed by atoms with Gasteiger partial charge in [0.25, 0.3) is 0 Å². The van der Waals surface area contributed by atoms with Crippen LogP contribution in [0.1, 0.15) is 13.3 Å². The molecule has 16 unspecified atom stereocenters. The lowest BCUT2D eigenvalue weighted by molar-refractivity contribution is -0.405. The maximum absolute atomic E-state index is 12.2. The standard InChI is InChI=1S/C52H90O40S/c1-13-22(60)23(61)14(5-53)79-45(13)91-44-31(69)27(65)18(9-57)83-52(44)89-41-21(86-46(77-3-2-4-93)38(76)42(41)90-48-35(73)29(67)25(63)16(7-55)81-48)12-78-51-43(30(68)26(64)17(8-56)82-51)92-50-37(75)33(71)40(20(11-59)85-50)88-49-36(74)32(70)39(19(10-58)84-49)87-47-34(72)28(66)24(62)15(6-54)80-47/h13-76,93H,2-12H2,1H3/t13?,14?,15?,16?,17?,18?,19?,20?,21?,22-,23-,24+,25-,26-,27-,28+,29+,30?,31+,32-,33-,34?,35?,36?,37?,38?,39+,40-,41-,42-,43+,44?,45+,46+,47-,48+,49+,50-,51-,52+/m1/s1. The van der Waals surface area contributed by atoms with E-state index in [-0.39, 0.29) is 18.8 Å². The van der Waals surface area contributed by atoms with Gasteiger partial charge in [0.15, 0.2) is 50.3 Å². The summed E-state index contributed by atoms with van der Waals surface area (Å²) in [6.45, 7) is -6.77. The Morgan fingerprint density at radius 2 is 0.559 bits per heavy atom. The van der Waals surface area contributed by atoms with Crippen molar-refractivity contribution < 1.29 is 198 Å². The zero-order valence-corrected chi connectivity index (χ0v) is 50.5. The first-order valence-electron chi connectivity index (χ1n) is 30.1. The molecule has 8 aliphatic rings. The normalized spacial score (nSPS) is 51.8. The van der Waals surface area contributed by atoms with E-state index in [1.807, 2.05) is 0 Å². The third kappa shape index (κ3) is 16.7. The van der Waals surface area contributed by atoms with Crippen LogP contribution in [0.3, 0.4) is 0 Å². The molecule has 93 heavy (non-hydrogen) atoms. The van der Waals surface area contributed by atoms with Crippen molar-refractivity contribution in [1.29, 1.82) is 0 Å². The molecule has 0 aromatic carbocycles. The molecule has 8 saturated heterocycles. The molecule has 40 atom stereocenters. The SMILES string of the molecule is CC1[C@H](OC2[C@H](O[C@@H]3C(CO[C@@H]4OC(CO)[C@@H](O)C(O)[C@@H]4O[C@H]4OC(CO)[C@@H](O[C@@H]5OC(CO)[C@H](O[C@H]6OC(CO)[C@H](O)[C@H](O)C6O)[C@H](O)C5O)[C@H](O)C4O)O[C@H](OCCCS)C(O)[C@H]3O[C@@H]3OC(CO)[C@@H](O)[C@H](O)C3O)OC(CO)[C@@H](O)[C@@H]2O)OC(CO)[C@@H](O)[C@@H]1O. The topological polar surface area (TPSA) is 633 Å². The van der Waals surface area contributed by atoms with Gasteiger partial charge in [-0.3, -0.25) is 0 Å². The maximum atomic E-state index is 12.2. The second kappa shape index (κ2) is 34.4. The molecule has 8 fully saturated rings. The molecule has 40 nitrogen and oxygen atoms in total. The van der Waals surface area contributed by atoms with E-state index in [2.05, 4.69) is 12.6 Å². The van der Waals surface area contributed by atoms with Gasteiger partial charge in [0.05, 0.1) is 65.6 Å². The molecule has 0 aromatic heterocycles. The molecule has 41 heteroatoms. The largest absolute Gasteiger partial charge is 0.394 e. The fourth-order valence-corrected chi connectivity index (χ4v) is 12.0. The summed E-state index contributed by atoms with van der Waals surface area (Å²) in [5.41, 5.74) is 0. The number of thiol groups is 1. The molecule has 0 saturated carbocycles. The van der Waals surface area contributed by atoms with Gasteiger partial charge in [-0.25, -0.2) is 0 Å². The number of aliphatic hydroxyl groups is 24. The summed E-state index contributed by atoms with van der Waals surface area (Å²) in [5, 5.41) is 260. The number of hydrogen-bond donors (Lipinski definition) is 25. The van der Waals surface area contributed by atoms with Gasteiger partial charge in [-0.2, -0.15) is 12.6 Å². The first-order chi connectivity index (χ1) is 44.2. The lowest BCUT2D eigenvalue weighted by Gasteiger charge is -2.51. The minimum atomic E-state index is -2.33. The Labute approximate surface area is 533 Å². The minimum absolute atomic E-state index is 0.208. The van der Waals surface area contributed by atoms with Gasteiger partial charge in [0, 0.05) is 5.92 Å². The van der Waals surface area contributed by atoms with Crippen LogP contribution < -0.4 is 0 Å². The van der Waals surface area contributed by atoms with Crippen LogP contribution in [0, 0.1) is 5.92 Å². The fraction of sp³-hybridized carbons (Fsp3) is 1.00. The van der Waals surface area contributed by atoms with Crippen molar-refractivity contribution in [2.24, 2.45) is 5.92 Å². The lowest BCUT2D eigenvalue weighted by Crippen LogP contribution is -2.68. The van der Waals surface area contributed by atoms with E-state index in [1.54, 1.807) is 0 Å². The van der Waals surface area contributed by atoms with E-state index < -0.39 is 298 Å². The molecule has 24 N–H and O–H groups in total. The molecular formula is C52H90O40S. The zero-order valence-electron chi connectivity index (χ0n) is 49.6. The summed E-state index contributed by atoms with van der Waals surface area (Å²) >= 11 is 4.19. The first kappa shape index (κ1) is 77.5. The van der Waals surface area contributed by atoms with E-state index in [9.17, 15) is 123 Å². The molecular weight excluding hydrogens is 1300 g/mol. The molecule has 8 aliphatic heterocycles. The highest BCUT2D eigenvalue weighted by Gasteiger charge is 2.60. The van der Waals surface area contributed by atoms with Crippen molar-refractivity contribution in [3.05, 3.63) is 0 Å². The molecule has 544 valence electrons. The van der Waals surface area contributed by atoms with Crippen molar-refractivity contribution in [3.8, 4) is 0 Å². The molecule has 0 amide bonds. The Bertz CT molecular complexity index is 2210. The van der Waals surface area contributed by atoms with Crippen molar-refractivity contribution in [3.63, 3.8) is 0 Å². The Kier molecular flexibility index (Phi) is 28.7. The zero-order chi connectivity index (χ0) is 68.2. The van der Waals surface area contributed by atoms with Crippen LogP contribution in [0.5, 0.6) is 0 Å². The second-order valence-electron chi connectivity index (χ2n) is 23.7. The predicted octanol–water partition coefficient (Wildman–Crippen LogP) is -15.8. The summed E-state index contributed by atoms with van der Waals surface area (Å²) < 4.78 is 94.3. The van der Waals surface area contributed by atoms with Gasteiger partial charge < -0.3 is 198 Å². The van der Waals surface area contributed by atoms with E-state index in [1.165, 1.54) is 6.92 Å². The van der Waals surface area contributed by atoms with Crippen LogP contribution in [0.2, 0.25) is 0 Å². The second-order valence-corrected chi connectivity index (χ2v) is 24.2. The fourth-order valence-electron chi connectivity index (χ4n) is 11.9. The highest BCUT2D eigenvalue weighted by atomic mass is 32.1. The van der Waals surface area contributed by atoms with Crippen molar-refractivity contribution in [2.75, 3.05) is 65.2 Å². The van der Waals surface area contributed by atoms with Crippen LogP contribution in [-0.4, -0.2) is 427 Å². The van der Waals surface area contributed by atoms with Crippen LogP contribution in [0.25, 0.3) is 0 Å². The Balaban J connectivity index is 1.07. The van der Waals surface area contributed by atoms with E-state index >= 15 is 0 Å². The number of hydrogen-bond acceptors (Lipinski definition) is 41. The number of aliphatic hydroxyl groups excluding tert-OH is 24. The maximum Gasteiger partial charge on any atom is 0.187 e. The molecule has 8 heterocycles. The number of ether oxygens (including phenoxy) is 16. The van der Waals surface area contributed by atoms with Gasteiger partial charge in [-0.15, -0.1) is 0 Å². The molecule has 0 spiro atoms. The highest BCUT2D eigenvalue weighted by molar-refractivity contribution is 7.80. The van der Waals surface area contributed by atoms with Crippen LogP contribution in [0.4, 0.5) is 0 Å². The van der Waals surface area contributed by atoms with E-state index in [0.717, 1.165) is 0 Å². The van der Waals surface area contributed by atoms with Gasteiger partial charge >= 0.3 is 0 Å². The molecule has 8 rings (SSSR count). The van der Waals surface area contributed by atoms with Crippen molar-refractivity contribution in [1.82, 2.24) is 0 Å². The Morgan fingerprint density at radius 3 is 0.989 bits per heavy atom. The molecule has 0 bridgehead atoms. The van der Waals surface area contributed by atoms with Crippen LogP contribution >= 0.6 is 12.6 Å². The molecule has 0 radical (unpaired) electrons. The van der Waals surface area contributed by atoms with Gasteiger partial charge in [-0.05, 0) is 12.2 Å². The summed E-state index contributed by atoms with van der Waals surface area (Å²) in [5.74, 6) is -0.954. The van der Waals surface area contributed by atoms with Crippen LogP contribution in [-0.2, 0) is 75.8 Å². The average molecular weight is 1390 g/mol. The minimum Gasteiger partial charge on any atom is -0.394 e. The molecule has 0 aromatic rings. The van der Waals surface area contributed by atoms with Gasteiger partial charge in [-0.1, -0.05) is 6.92 Å². The van der Waals surface area contributed by atoms with Crippen LogP contribution in [0.15, 0.2) is 0 Å². The predicted molar refractivity (Wildman–Crippen MR) is 290 cm³/mol. The highest BCUT2D eigenvalue weighted by Crippen LogP contribution is 2.40. The summed E-state index contributed by atoms with van der Waals surface area (Å²) in [6.07, 6.45) is -75.9. The van der Waals surface area contributed by atoms with Crippen molar-refractivity contribution in [2.45, 2.75) is 253 Å². The summed E-state index contributed by atoms with van der Waals surface area (Å²) in [4.78, 5) is 0. The Morgan fingerprint density at radius 1 is 0.258 bits per heavy atom.